The second kappa shape index (κ2) is 3.76. The molecule has 1 N–H and O–H groups in total. The van der Waals surface area contributed by atoms with Gasteiger partial charge in [0.15, 0.2) is 0 Å². The number of benzene rings is 1. The monoisotopic (exact) mass is 244 g/mol. The Morgan fingerprint density at radius 1 is 1.35 bits per heavy atom. The van der Waals surface area contributed by atoms with Crippen molar-refractivity contribution in [2.24, 2.45) is 0 Å². The molecule has 0 amide bonds. The summed E-state index contributed by atoms with van der Waals surface area (Å²) in [5, 5.41) is 0. The molecule has 0 radical (unpaired) electrons. The number of hydrogen-bond acceptors (Lipinski definition) is 3. The minimum absolute atomic E-state index is 0.182. The highest BCUT2D eigenvalue weighted by atomic mass is 19.4. The minimum Gasteiger partial charge on any atom is -0.406 e. The van der Waals surface area contributed by atoms with Gasteiger partial charge in [-0.05, 0) is 19.1 Å². The summed E-state index contributed by atoms with van der Waals surface area (Å²) in [5.41, 5.74) is 0.405. The quantitative estimate of drug-likeness (QED) is 0.836. The van der Waals surface area contributed by atoms with Crippen molar-refractivity contribution in [2.45, 2.75) is 13.3 Å². The van der Waals surface area contributed by atoms with Gasteiger partial charge in [0.25, 0.3) is 5.56 Å². The average Bonchev–Trinajstić information content (AvgIpc) is 2.18. The SMILES string of the molecule is Cc1nc2cc(OC(F)(F)F)ccc2[nH]c1=O. The third-order valence-electron chi connectivity index (χ3n) is 2.07. The van der Waals surface area contributed by atoms with E-state index in [1.165, 1.54) is 13.0 Å². The van der Waals surface area contributed by atoms with Crippen LogP contribution in [0.15, 0.2) is 23.0 Å². The Hall–Kier alpha value is -2.05. The number of nitrogens with zero attached hydrogens (tertiary/aromatic N) is 1. The fourth-order valence-electron chi connectivity index (χ4n) is 1.35. The predicted molar refractivity (Wildman–Crippen MR) is 53.8 cm³/mol. The lowest BCUT2D eigenvalue weighted by atomic mass is 10.3. The van der Waals surface area contributed by atoms with Crippen molar-refractivity contribution < 1.29 is 17.9 Å². The van der Waals surface area contributed by atoms with Gasteiger partial charge in [0.1, 0.15) is 11.4 Å². The van der Waals surface area contributed by atoms with Crippen LogP contribution in [0.2, 0.25) is 0 Å². The lowest BCUT2D eigenvalue weighted by Crippen LogP contribution is -2.17. The van der Waals surface area contributed by atoms with Gasteiger partial charge in [-0.2, -0.15) is 0 Å². The van der Waals surface area contributed by atoms with Crippen molar-refractivity contribution in [3.8, 4) is 5.75 Å². The zero-order valence-corrected chi connectivity index (χ0v) is 8.63. The highest BCUT2D eigenvalue weighted by Gasteiger charge is 2.31. The zero-order chi connectivity index (χ0) is 12.6. The van der Waals surface area contributed by atoms with E-state index in [0.29, 0.717) is 5.52 Å². The van der Waals surface area contributed by atoms with Gasteiger partial charge >= 0.3 is 6.36 Å². The minimum atomic E-state index is -4.75. The molecule has 0 aliphatic carbocycles. The van der Waals surface area contributed by atoms with Gasteiger partial charge in [0, 0.05) is 6.07 Å². The number of ether oxygens (including phenoxy) is 1. The topological polar surface area (TPSA) is 55.0 Å². The number of fused-ring (bicyclic) bond motifs is 1. The van der Waals surface area contributed by atoms with Gasteiger partial charge in [0.05, 0.1) is 11.0 Å². The summed E-state index contributed by atoms with van der Waals surface area (Å²) in [6, 6.07) is 3.54. The Bertz CT molecular complexity index is 619. The van der Waals surface area contributed by atoms with Crippen molar-refractivity contribution in [2.75, 3.05) is 0 Å². The number of alkyl halides is 3. The van der Waals surface area contributed by atoms with E-state index in [2.05, 4.69) is 14.7 Å². The molecule has 7 heteroatoms. The molecule has 1 aromatic carbocycles. The smallest absolute Gasteiger partial charge is 0.406 e. The van der Waals surface area contributed by atoms with Crippen molar-refractivity contribution in [3.63, 3.8) is 0 Å². The van der Waals surface area contributed by atoms with Crippen LogP contribution in [0, 0.1) is 6.92 Å². The first kappa shape index (κ1) is 11.4. The largest absolute Gasteiger partial charge is 0.573 e. The number of aryl methyl sites for hydroxylation is 1. The molecule has 0 saturated heterocycles. The van der Waals surface area contributed by atoms with Crippen LogP contribution in [0.3, 0.4) is 0 Å². The van der Waals surface area contributed by atoms with E-state index < -0.39 is 6.36 Å². The summed E-state index contributed by atoms with van der Waals surface area (Å²) < 4.78 is 39.7. The Labute approximate surface area is 93.1 Å². The van der Waals surface area contributed by atoms with Crippen LogP contribution in [0.4, 0.5) is 13.2 Å². The third-order valence-corrected chi connectivity index (χ3v) is 2.07. The molecular formula is C10H7F3N2O2. The third kappa shape index (κ3) is 2.55. The highest BCUT2D eigenvalue weighted by molar-refractivity contribution is 5.75. The number of nitrogens with one attached hydrogen (secondary N) is 1. The van der Waals surface area contributed by atoms with Crippen molar-refractivity contribution in [3.05, 3.63) is 34.2 Å². The van der Waals surface area contributed by atoms with Crippen molar-refractivity contribution >= 4 is 11.0 Å². The molecule has 0 atom stereocenters. The van der Waals surface area contributed by atoms with Crippen LogP contribution in [-0.4, -0.2) is 16.3 Å². The predicted octanol–water partition coefficient (Wildman–Crippen LogP) is 2.13. The number of H-pyrrole nitrogens is 1. The molecule has 0 unspecified atom stereocenters. The van der Waals surface area contributed by atoms with Gasteiger partial charge in [-0.15, -0.1) is 13.2 Å². The van der Waals surface area contributed by atoms with Gasteiger partial charge in [-0.3, -0.25) is 4.79 Å². The maximum atomic E-state index is 12.0. The fraction of sp³-hybridized carbons (Fsp3) is 0.200. The van der Waals surface area contributed by atoms with Crippen LogP contribution >= 0.6 is 0 Å². The Morgan fingerprint density at radius 2 is 2.06 bits per heavy atom. The van der Waals surface area contributed by atoms with Gasteiger partial charge in [0.2, 0.25) is 0 Å². The van der Waals surface area contributed by atoms with Gasteiger partial charge < -0.3 is 9.72 Å². The first-order chi connectivity index (χ1) is 7.85. The second-order valence-electron chi connectivity index (χ2n) is 3.38. The summed E-state index contributed by atoms with van der Waals surface area (Å²) >= 11 is 0. The Balaban J connectivity index is 2.51. The summed E-state index contributed by atoms with van der Waals surface area (Å²) in [7, 11) is 0. The summed E-state index contributed by atoms with van der Waals surface area (Å²) in [6.45, 7) is 1.47. The van der Waals surface area contributed by atoms with Crippen LogP contribution < -0.4 is 10.3 Å². The van der Waals surface area contributed by atoms with E-state index in [4.69, 9.17) is 0 Å². The normalized spacial score (nSPS) is 11.8. The number of aromatic amines is 1. The van der Waals surface area contributed by atoms with E-state index in [-0.39, 0.29) is 22.5 Å². The van der Waals surface area contributed by atoms with Crippen molar-refractivity contribution in [1.29, 1.82) is 0 Å². The lowest BCUT2D eigenvalue weighted by Gasteiger charge is -2.09. The van der Waals surface area contributed by atoms with E-state index in [0.717, 1.165) is 12.1 Å². The summed E-state index contributed by atoms with van der Waals surface area (Å²) in [5.74, 6) is -0.371. The molecule has 0 fully saturated rings. The summed E-state index contributed by atoms with van der Waals surface area (Å²) in [6.07, 6.45) is -4.75. The summed E-state index contributed by atoms with van der Waals surface area (Å²) in [4.78, 5) is 17.6. The zero-order valence-electron chi connectivity index (χ0n) is 8.63. The number of rotatable bonds is 1. The molecule has 1 heterocycles. The standard InChI is InChI=1S/C10H7F3N2O2/c1-5-9(16)15-7-3-2-6(4-8(7)14-5)17-10(11,12)13/h2-4H,1H3,(H,15,16). The molecule has 0 aliphatic heterocycles. The Kier molecular flexibility index (Phi) is 2.53. The molecule has 17 heavy (non-hydrogen) atoms. The lowest BCUT2D eigenvalue weighted by molar-refractivity contribution is -0.274. The molecule has 0 aliphatic rings. The van der Waals surface area contributed by atoms with E-state index >= 15 is 0 Å². The molecule has 0 bridgehead atoms. The Morgan fingerprint density at radius 3 is 2.71 bits per heavy atom. The molecule has 0 saturated carbocycles. The van der Waals surface area contributed by atoms with Crippen LogP contribution in [0.5, 0.6) is 5.75 Å². The van der Waals surface area contributed by atoms with E-state index in [1.54, 1.807) is 0 Å². The maximum Gasteiger partial charge on any atom is 0.573 e. The molecular weight excluding hydrogens is 237 g/mol. The highest BCUT2D eigenvalue weighted by Crippen LogP contribution is 2.24. The van der Waals surface area contributed by atoms with Crippen LogP contribution in [-0.2, 0) is 0 Å². The van der Waals surface area contributed by atoms with E-state index in [9.17, 15) is 18.0 Å². The molecule has 0 spiro atoms. The maximum absolute atomic E-state index is 12.0. The molecule has 4 nitrogen and oxygen atoms in total. The fourth-order valence-corrected chi connectivity index (χ4v) is 1.35. The molecule has 2 rings (SSSR count). The van der Waals surface area contributed by atoms with Crippen molar-refractivity contribution in [1.82, 2.24) is 9.97 Å². The van der Waals surface area contributed by atoms with Crippen LogP contribution in [0.1, 0.15) is 5.69 Å². The second-order valence-corrected chi connectivity index (χ2v) is 3.38. The molecule has 1 aromatic heterocycles. The number of aromatic nitrogens is 2. The first-order valence-electron chi connectivity index (χ1n) is 4.61. The van der Waals surface area contributed by atoms with Crippen LogP contribution in [0.25, 0.3) is 11.0 Å². The average molecular weight is 244 g/mol. The molecule has 2 aromatic rings. The van der Waals surface area contributed by atoms with Gasteiger partial charge in [-0.1, -0.05) is 0 Å². The van der Waals surface area contributed by atoms with Gasteiger partial charge in [-0.25, -0.2) is 4.98 Å². The number of halogens is 3. The van der Waals surface area contributed by atoms with E-state index in [1.807, 2.05) is 0 Å². The first-order valence-corrected chi connectivity index (χ1v) is 4.61. The molecule has 90 valence electrons. The number of hydrogen-bond donors (Lipinski definition) is 1.